The summed E-state index contributed by atoms with van der Waals surface area (Å²) in [5.74, 6) is 1.88. The van der Waals surface area contributed by atoms with Gasteiger partial charge in [-0.25, -0.2) is 0 Å². The molecule has 0 aromatic heterocycles. The van der Waals surface area contributed by atoms with Crippen molar-refractivity contribution in [3.63, 3.8) is 0 Å². The fourth-order valence-corrected chi connectivity index (χ4v) is 2.04. The molecule has 1 rings (SSSR count). The summed E-state index contributed by atoms with van der Waals surface area (Å²) in [6.07, 6.45) is 2.72. The Balaban J connectivity index is 2.11. The van der Waals surface area contributed by atoms with Crippen LogP contribution in [0.2, 0.25) is 0 Å². The highest BCUT2D eigenvalue weighted by molar-refractivity contribution is 4.83. The van der Waals surface area contributed by atoms with Crippen LogP contribution in [0.5, 0.6) is 0 Å². The second-order valence-corrected chi connectivity index (χ2v) is 4.71. The number of hydrogen-bond donors (Lipinski definition) is 0. The van der Waals surface area contributed by atoms with Gasteiger partial charge < -0.3 is 4.90 Å². The lowest BCUT2D eigenvalue weighted by atomic mass is 9.89. The number of hydrogen-bond acceptors (Lipinski definition) is 1. The average molecular weight is 169 g/mol. The number of rotatable bonds is 4. The van der Waals surface area contributed by atoms with E-state index >= 15 is 0 Å². The van der Waals surface area contributed by atoms with Crippen LogP contribution >= 0.6 is 0 Å². The first kappa shape index (κ1) is 10.0. The second kappa shape index (κ2) is 4.27. The van der Waals surface area contributed by atoms with Gasteiger partial charge in [0, 0.05) is 19.1 Å². The molecule has 1 heterocycles. The average Bonchev–Trinajstić information content (AvgIpc) is 1.94. The molecule has 1 aliphatic rings. The highest BCUT2D eigenvalue weighted by Crippen LogP contribution is 2.25. The molecule has 0 radical (unpaired) electrons. The number of nitrogens with zero attached hydrogens (tertiary/aromatic N) is 1. The molecule has 0 spiro atoms. The lowest BCUT2D eigenvalue weighted by molar-refractivity contribution is 0.0469. The van der Waals surface area contributed by atoms with Crippen molar-refractivity contribution < 1.29 is 0 Å². The molecule has 72 valence electrons. The van der Waals surface area contributed by atoms with Gasteiger partial charge in [0.25, 0.3) is 0 Å². The SMILES string of the molecule is CCC(C)N1CC(CC(C)C)C1. The molecular formula is C11H23N. The van der Waals surface area contributed by atoms with Crippen molar-refractivity contribution >= 4 is 0 Å². The molecule has 1 heteroatoms. The zero-order chi connectivity index (χ0) is 9.14. The predicted molar refractivity (Wildman–Crippen MR) is 54.3 cm³/mol. The summed E-state index contributed by atoms with van der Waals surface area (Å²) >= 11 is 0. The van der Waals surface area contributed by atoms with Crippen molar-refractivity contribution in [2.45, 2.75) is 46.6 Å². The zero-order valence-corrected chi connectivity index (χ0v) is 9.01. The van der Waals surface area contributed by atoms with Crippen molar-refractivity contribution in [3.8, 4) is 0 Å². The monoisotopic (exact) mass is 169 g/mol. The van der Waals surface area contributed by atoms with Gasteiger partial charge in [0.1, 0.15) is 0 Å². The molecule has 1 atom stereocenters. The molecule has 0 amide bonds. The van der Waals surface area contributed by atoms with E-state index in [4.69, 9.17) is 0 Å². The van der Waals surface area contributed by atoms with E-state index < -0.39 is 0 Å². The van der Waals surface area contributed by atoms with Crippen LogP contribution in [-0.2, 0) is 0 Å². The molecule has 0 aromatic rings. The van der Waals surface area contributed by atoms with E-state index in [0.29, 0.717) is 0 Å². The van der Waals surface area contributed by atoms with Crippen molar-refractivity contribution in [1.29, 1.82) is 0 Å². The fraction of sp³-hybridized carbons (Fsp3) is 1.00. The smallest absolute Gasteiger partial charge is 0.00645 e. The van der Waals surface area contributed by atoms with Crippen LogP contribution in [0.25, 0.3) is 0 Å². The van der Waals surface area contributed by atoms with Gasteiger partial charge >= 0.3 is 0 Å². The fourth-order valence-electron chi connectivity index (χ4n) is 2.04. The minimum absolute atomic E-state index is 0.813. The van der Waals surface area contributed by atoms with E-state index in [1.807, 2.05) is 0 Å². The Labute approximate surface area is 77.1 Å². The standard InChI is InChI=1S/C11H23N/c1-5-10(4)12-7-11(8-12)6-9(2)3/h9-11H,5-8H2,1-4H3. The van der Waals surface area contributed by atoms with Gasteiger partial charge in [-0.3, -0.25) is 0 Å². The van der Waals surface area contributed by atoms with Crippen molar-refractivity contribution in [1.82, 2.24) is 4.90 Å². The highest BCUT2D eigenvalue weighted by Gasteiger charge is 2.29. The van der Waals surface area contributed by atoms with Gasteiger partial charge in [0.05, 0.1) is 0 Å². The minimum atomic E-state index is 0.813. The summed E-state index contributed by atoms with van der Waals surface area (Å²) in [4.78, 5) is 2.60. The summed E-state index contributed by atoms with van der Waals surface area (Å²) in [5, 5.41) is 0. The largest absolute Gasteiger partial charge is 0.300 e. The van der Waals surface area contributed by atoms with Crippen LogP contribution in [0.3, 0.4) is 0 Å². The molecule has 1 fully saturated rings. The first-order valence-corrected chi connectivity index (χ1v) is 5.37. The van der Waals surface area contributed by atoms with Crippen LogP contribution in [0, 0.1) is 11.8 Å². The topological polar surface area (TPSA) is 3.24 Å². The van der Waals surface area contributed by atoms with Gasteiger partial charge in [-0.1, -0.05) is 20.8 Å². The lowest BCUT2D eigenvalue weighted by Gasteiger charge is -2.43. The Morgan fingerprint density at radius 2 is 1.83 bits per heavy atom. The van der Waals surface area contributed by atoms with E-state index in [9.17, 15) is 0 Å². The van der Waals surface area contributed by atoms with Crippen molar-refractivity contribution in [2.75, 3.05) is 13.1 Å². The molecule has 0 bridgehead atoms. The van der Waals surface area contributed by atoms with E-state index in [2.05, 4.69) is 32.6 Å². The Morgan fingerprint density at radius 3 is 2.25 bits per heavy atom. The summed E-state index contributed by atoms with van der Waals surface area (Å²) < 4.78 is 0. The van der Waals surface area contributed by atoms with Crippen LogP contribution < -0.4 is 0 Å². The molecule has 1 aliphatic heterocycles. The Morgan fingerprint density at radius 1 is 1.25 bits per heavy atom. The Hall–Kier alpha value is -0.0400. The molecule has 12 heavy (non-hydrogen) atoms. The van der Waals surface area contributed by atoms with E-state index in [-0.39, 0.29) is 0 Å². The molecular weight excluding hydrogens is 146 g/mol. The molecule has 0 aliphatic carbocycles. The van der Waals surface area contributed by atoms with Gasteiger partial charge in [0.2, 0.25) is 0 Å². The molecule has 0 N–H and O–H groups in total. The Bertz CT molecular complexity index is 125. The molecule has 1 saturated heterocycles. The second-order valence-electron chi connectivity index (χ2n) is 4.71. The predicted octanol–water partition coefficient (Wildman–Crippen LogP) is 2.76. The quantitative estimate of drug-likeness (QED) is 0.625. The lowest BCUT2D eigenvalue weighted by Crippen LogP contribution is -2.51. The van der Waals surface area contributed by atoms with Gasteiger partial charge in [-0.05, 0) is 31.6 Å². The maximum atomic E-state index is 2.60. The van der Waals surface area contributed by atoms with Crippen LogP contribution in [0.1, 0.15) is 40.5 Å². The first-order chi connectivity index (χ1) is 5.63. The van der Waals surface area contributed by atoms with E-state index in [1.54, 1.807) is 0 Å². The summed E-state index contributed by atoms with van der Waals surface area (Å²) in [7, 11) is 0. The summed E-state index contributed by atoms with van der Waals surface area (Å²) in [6, 6.07) is 0.813. The maximum Gasteiger partial charge on any atom is 0.00645 e. The summed E-state index contributed by atoms with van der Waals surface area (Å²) in [5.41, 5.74) is 0. The maximum absolute atomic E-state index is 2.60. The van der Waals surface area contributed by atoms with Crippen molar-refractivity contribution in [2.24, 2.45) is 11.8 Å². The third kappa shape index (κ3) is 2.48. The zero-order valence-electron chi connectivity index (χ0n) is 9.01. The minimum Gasteiger partial charge on any atom is -0.300 e. The van der Waals surface area contributed by atoms with Gasteiger partial charge in [-0.15, -0.1) is 0 Å². The van der Waals surface area contributed by atoms with Crippen molar-refractivity contribution in [3.05, 3.63) is 0 Å². The highest BCUT2D eigenvalue weighted by atomic mass is 15.2. The van der Waals surface area contributed by atoms with Gasteiger partial charge in [-0.2, -0.15) is 0 Å². The normalized spacial score (nSPS) is 22.8. The van der Waals surface area contributed by atoms with E-state index in [1.165, 1.54) is 25.9 Å². The molecule has 0 saturated carbocycles. The summed E-state index contributed by atoms with van der Waals surface area (Å²) in [6.45, 7) is 12.0. The molecule has 1 unspecified atom stereocenters. The first-order valence-electron chi connectivity index (χ1n) is 5.37. The van der Waals surface area contributed by atoms with Crippen LogP contribution in [0.4, 0.5) is 0 Å². The Kier molecular flexibility index (Phi) is 3.57. The molecule has 0 aromatic carbocycles. The third-order valence-corrected chi connectivity index (χ3v) is 3.00. The van der Waals surface area contributed by atoms with E-state index in [0.717, 1.165) is 17.9 Å². The number of likely N-dealkylation sites (tertiary alicyclic amines) is 1. The van der Waals surface area contributed by atoms with Crippen LogP contribution in [-0.4, -0.2) is 24.0 Å². The third-order valence-electron chi connectivity index (χ3n) is 3.00. The van der Waals surface area contributed by atoms with Gasteiger partial charge in [0.15, 0.2) is 0 Å². The van der Waals surface area contributed by atoms with Crippen LogP contribution in [0.15, 0.2) is 0 Å². The molecule has 1 nitrogen and oxygen atoms in total.